The lowest BCUT2D eigenvalue weighted by atomic mass is 9.95. The summed E-state index contributed by atoms with van der Waals surface area (Å²) in [7, 11) is 0. The molecule has 3 amide bonds. The number of hydrogen-bond acceptors (Lipinski definition) is 5. The van der Waals surface area contributed by atoms with Gasteiger partial charge in [0.25, 0.3) is 0 Å². The Morgan fingerprint density at radius 3 is 1.98 bits per heavy atom. The molecule has 0 spiro atoms. The largest absolute Gasteiger partial charge is 0.418 e. The molecule has 4 heterocycles. The zero-order valence-electron chi connectivity index (χ0n) is 27.5. The number of carbonyl (C=O) groups is 2. The first-order valence-electron chi connectivity index (χ1n) is 17.0. The van der Waals surface area contributed by atoms with E-state index in [0.29, 0.717) is 56.4 Å². The van der Waals surface area contributed by atoms with Crippen LogP contribution in [0.5, 0.6) is 0 Å². The molecule has 6 rings (SSSR count). The molecular weight excluding hydrogens is 668 g/mol. The van der Waals surface area contributed by atoms with Crippen LogP contribution in [0.3, 0.4) is 0 Å². The number of hydrogen-bond donors (Lipinski definition) is 3. The fraction of sp³-hybridized carbons (Fsp3) is 0.559. The highest BCUT2D eigenvalue weighted by Gasteiger charge is 2.42. The highest BCUT2D eigenvalue weighted by molar-refractivity contribution is 5.87. The number of carbonyl (C=O) groups excluding carboxylic acids is 2. The first-order valence-corrected chi connectivity index (χ1v) is 17.0. The van der Waals surface area contributed by atoms with Crippen molar-refractivity contribution < 1.29 is 35.9 Å². The van der Waals surface area contributed by atoms with Crippen LogP contribution in [0, 0.1) is 0 Å². The van der Waals surface area contributed by atoms with E-state index in [2.05, 4.69) is 15.2 Å². The third-order valence-corrected chi connectivity index (χ3v) is 10.3. The first-order chi connectivity index (χ1) is 23.7. The van der Waals surface area contributed by atoms with Crippen molar-refractivity contribution in [3.05, 3.63) is 63.6 Å². The Morgan fingerprint density at radius 2 is 1.38 bits per heavy atom. The second-order valence-corrected chi connectivity index (χ2v) is 13.5. The van der Waals surface area contributed by atoms with Gasteiger partial charge in [-0.25, -0.2) is 9.59 Å². The Morgan fingerprint density at radius 1 is 0.820 bits per heavy atom. The number of benzene rings is 2. The van der Waals surface area contributed by atoms with Gasteiger partial charge in [-0.2, -0.15) is 26.3 Å². The number of aromatic amines is 1. The van der Waals surface area contributed by atoms with Gasteiger partial charge in [0.1, 0.15) is 6.04 Å². The van der Waals surface area contributed by atoms with Crippen LogP contribution in [0.4, 0.5) is 36.8 Å². The molecule has 4 N–H and O–H groups in total. The van der Waals surface area contributed by atoms with Crippen LogP contribution in [-0.2, 0) is 23.6 Å². The summed E-state index contributed by atoms with van der Waals surface area (Å²) in [6.07, 6.45) is -5.42. The van der Waals surface area contributed by atoms with E-state index in [-0.39, 0.29) is 30.9 Å². The molecule has 16 heteroatoms. The normalized spacial score (nSPS) is 19.6. The van der Waals surface area contributed by atoms with Gasteiger partial charge in [-0.3, -0.25) is 9.36 Å². The number of fused-ring (bicyclic) bond motifs is 1. The number of alkyl halides is 6. The van der Waals surface area contributed by atoms with Gasteiger partial charge in [-0.15, -0.1) is 0 Å². The summed E-state index contributed by atoms with van der Waals surface area (Å²) >= 11 is 0. The Bertz CT molecular complexity index is 1710. The van der Waals surface area contributed by atoms with Crippen LogP contribution in [0.25, 0.3) is 11.0 Å². The molecule has 0 aliphatic carbocycles. The molecule has 3 aliphatic heterocycles. The van der Waals surface area contributed by atoms with Crippen LogP contribution in [0.2, 0.25) is 0 Å². The summed E-state index contributed by atoms with van der Waals surface area (Å²) in [6.45, 7) is 3.07. The summed E-state index contributed by atoms with van der Waals surface area (Å²) in [4.78, 5) is 48.5. The highest BCUT2D eigenvalue weighted by Crippen LogP contribution is 2.42. The molecule has 3 aliphatic rings. The van der Waals surface area contributed by atoms with Crippen molar-refractivity contribution in [1.82, 2.24) is 29.6 Å². The number of anilines is 1. The number of nitrogens with one attached hydrogen (secondary N) is 2. The maximum atomic E-state index is 14.0. The van der Waals surface area contributed by atoms with Crippen LogP contribution >= 0.6 is 0 Å². The van der Waals surface area contributed by atoms with Gasteiger partial charge in [0, 0.05) is 44.7 Å². The van der Waals surface area contributed by atoms with Crippen LogP contribution in [-0.4, -0.2) is 87.5 Å². The minimum Gasteiger partial charge on any atom is -0.398 e. The number of halogens is 6. The molecule has 3 fully saturated rings. The smallest absolute Gasteiger partial charge is 0.398 e. The molecule has 3 saturated heterocycles. The van der Waals surface area contributed by atoms with Crippen molar-refractivity contribution in [2.45, 2.75) is 81.8 Å². The molecule has 0 radical (unpaired) electrons. The zero-order valence-corrected chi connectivity index (χ0v) is 27.5. The molecule has 3 aromatic rings. The molecule has 10 nitrogen and oxygen atoms in total. The van der Waals surface area contributed by atoms with E-state index in [1.54, 1.807) is 10.6 Å². The van der Waals surface area contributed by atoms with Gasteiger partial charge in [0.05, 0.1) is 27.8 Å². The SMILES string of the molecule is Nc1c(C(F)(F)F)cc(C[C@@H](NC(=O)N2CCC(n3c(=O)[nH]c4ccccc43)CC2)C(=O)N2CCC(N3CCCCC3)CC2)cc1C(F)(F)F. The van der Waals surface area contributed by atoms with Gasteiger partial charge in [-0.05, 0) is 81.4 Å². The van der Waals surface area contributed by atoms with Gasteiger partial charge in [0.15, 0.2) is 0 Å². The number of para-hydroxylation sites is 2. The number of aromatic nitrogens is 2. The number of urea groups is 1. The van der Waals surface area contributed by atoms with Gasteiger partial charge >= 0.3 is 24.1 Å². The fourth-order valence-corrected chi connectivity index (χ4v) is 7.70. The second kappa shape index (κ2) is 14.2. The van der Waals surface area contributed by atoms with Crippen molar-refractivity contribution >= 4 is 28.7 Å². The monoisotopic (exact) mass is 709 g/mol. The quantitative estimate of drug-likeness (QED) is 0.235. The third kappa shape index (κ3) is 7.59. The van der Waals surface area contributed by atoms with E-state index in [1.165, 1.54) is 16.2 Å². The van der Waals surface area contributed by atoms with E-state index in [1.807, 2.05) is 18.2 Å². The number of nitrogen functional groups attached to an aromatic ring is 1. The van der Waals surface area contributed by atoms with E-state index < -0.39 is 59.1 Å². The fourth-order valence-electron chi connectivity index (χ4n) is 7.70. The molecule has 272 valence electrons. The average Bonchev–Trinajstić information content (AvgIpc) is 3.43. The van der Waals surface area contributed by atoms with Crippen molar-refractivity contribution in [3.8, 4) is 0 Å². The minimum absolute atomic E-state index is 0.210. The summed E-state index contributed by atoms with van der Waals surface area (Å²) < 4.78 is 84.7. The maximum Gasteiger partial charge on any atom is 0.418 e. The lowest BCUT2D eigenvalue weighted by molar-refractivity contribution is -0.141. The first kappa shape index (κ1) is 35.6. The topological polar surface area (TPSA) is 120 Å². The summed E-state index contributed by atoms with van der Waals surface area (Å²) in [6, 6.07) is 6.24. The van der Waals surface area contributed by atoms with Gasteiger partial charge < -0.3 is 30.7 Å². The number of nitrogens with zero attached hydrogens (tertiary/aromatic N) is 4. The lowest BCUT2D eigenvalue weighted by Gasteiger charge is -2.41. The Labute approximate surface area is 284 Å². The lowest BCUT2D eigenvalue weighted by Crippen LogP contribution is -2.56. The standard InChI is InChI=1S/C34H41F6N7O3/c35-33(36,37)24-18-21(19-25(29(24)41)34(38,39)40)20-27(30(48)45-14-8-22(9-15-45)44-12-4-1-5-13-44)43-31(49)46-16-10-23(11-17-46)47-28-7-3-2-6-26(28)42-32(47)50/h2-3,6-7,18-19,22-23,27H,1,4-5,8-17,20,41H2,(H,42,50)(H,43,49)/t27-/m1/s1. The van der Waals surface area contributed by atoms with Crippen molar-refractivity contribution in [1.29, 1.82) is 0 Å². The van der Waals surface area contributed by atoms with Crippen molar-refractivity contribution in [2.75, 3.05) is 45.0 Å². The summed E-state index contributed by atoms with van der Waals surface area (Å²) in [5.74, 6) is -0.574. The number of imidazole rings is 1. The Balaban J connectivity index is 1.21. The van der Waals surface area contributed by atoms with E-state index >= 15 is 0 Å². The van der Waals surface area contributed by atoms with E-state index in [4.69, 9.17) is 5.73 Å². The van der Waals surface area contributed by atoms with Crippen LogP contribution in [0.1, 0.15) is 67.7 Å². The molecular formula is C34H41F6N7O3. The van der Waals surface area contributed by atoms with Crippen LogP contribution < -0.4 is 16.7 Å². The molecule has 1 aromatic heterocycles. The van der Waals surface area contributed by atoms with Gasteiger partial charge in [-0.1, -0.05) is 18.6 Å². The number of amides is 3. The Kier molecular flexibility index (Phi) is 10.1. The highest BCUT2D eigenvalue weighted by atomic mass is 19.4. The predicted molar refractivity (Wildman–Crippen MR) is 174 cm³/mol. The zero-order chi connectivity index (χ0) is 35.8. The summed E-state index contributed by atoms with van der Waals surface area (Å²) in [5, 5.41) is 2.65. The molecule has 0 saturated carbocycles. The minimum atomic E-state index is -5.18. The van der Waals surface area contributed by atoms with Crippen molar-refractivity contribution in [3.63, 3.8) is 0 Å². The predicted octanol–water partition coefficient (Wildman–Crippen LogP) is 5.38. The van der Waals surface area contributed by atoms with Crippen LogP contribution in [0.15, 0.2) is 41.2 Å². The number of H-pyrrole nitrogens is 1. The van der Waals surface area contributed by atoms with Crippen molar-refractivity contribution in [2.24, 2.45) is 0 Å². The van der Waals surface area contributed by atoms with E-state index in [9.17, 15) is 40.7 Å². The van der Waals surface area contributed by atoms with Gasteiger partial charge in [0.2, 0.25) is 5.91 Å². The number of piperidine rings is 3. The molecule has 1 atom stereocenters. The average molecular weight is 710 g/mol. The number of nitrogens with two attached hydrogens (primary N) is 1. The third-order valence-electron chi connectivity index (χ3n) is 10.3. The molecule has 2 aromatic carbocycles. The van der Waals surface area contributed by atoms with E-state index in [0.717, 1.165) is 31.4 Å². The Hall–Kier alpha value is -4.21. The second-order valence-electron chi connectivity index (χ2n) is 13.5. The molecule has 0 unspecified atom stereocenters. The number of rotatable bonds is 6. The molecule has 0 bridgehead atoms. The maximum absolute atomic E-state index is 14.0. The number of likely N-dealkylation sites (tertiary alicyclic amines) is 3. The summed E-state index contributed by atoms with van der Waals surface area (Å²) in [5.41, 5.74) is 1.30. The molecule has 50 heavy (non-hydrogen) atoms.